The SMILES string of the molecule is c1ccc(-c2cccc(-c3nc(-c4ccccc4)nc(-c4ccc(-c5ccc(-c6cccc(-c7cccc8c7C7(CCCCC7)c7ccccc7-8)c6)cc5)cc4)n3)c2)cc1. The lowest BCUT2D eigenvalue weighted by Crippen LogP contribution is -2.28. The predicted molar refractivity (Wildman–Crippen MR) is 247 cm³/mol. The fraction of sp³-hybridized carbons (Fsp3) is 0.105. The highest BCUT2D eigenvalue weighted by Crippen LogP contribution is 2.58. The first kappa shape index (κ1) is 35.9. The summed E-state index contributed by atoms with van der Waals surface area (Å²) in [5.41, 5.74) is 18.6. The molecular formula is C57H43N3. The largest absolute Gasteiger partial charge is 0.208 e. The fourth-order valence-corrected chi connectivity index (χ4v) is 9.83. The Balaban J connectivity index is 0.891. The van der Waals surface area contributed by atoms with Gasteiger partial charge in [-0.1, -0.05) is 207 Å². The highest BCUT2D eigenvalue weighted by atomic mass is 15.0. The Morgan fingerprint density at radius 1 is 0.283 bits per heavy atom. The number of fused-ring (bicyclic) bond motifs is 5. The Morgan fingerprint density at radius 3 is 1.33 bits per heavy atom. The molecule has 0 atom stereocenters. The summed E-state index contributed by atoms with van der Waals surface area (Å²) >= 11 is 0. The van der Waals surface area contributed by atoms with Gasteiger partial charge in [0.15, 0.2) is 17.5 Å². The van der Waals surface area contributed by atoms with Gasteiger partial charge in [0.1, 0.15) is 0 Å². The second-order valence-corrected chi connectivity index (χ2v) is 16.3. The molecule has 1 aromatic heterocycles. The van der Waals surface area contributed by atoms with Crippen molar-refractivity contribution in [1.82, 2.24) is 15.0 Å². The minimum atomic E-state index is 0.110. The van der Waals surface area contributed by atoms with E-state index in [1.807, 2.05) is 36.4 Å². The molecule has 286 valence electrons. The Morgan fingerprint density at radius 2 is 0.683 bits per heavy atom. The van der Waals surface area contributed by atoms with Gasteiger partial charge in [-0.05, 0) is 91.7 Å². The van der Waals surface area contributed by atoms with Gasteiger partial charge >= 0.3 is 0 Å². The lowest BCUT2D eigenvalue weighted by molar-refractivity contribution is 0.353. The molecule has 0 amide bonds. The van der Waals surface area contributed by atoms with E-state index < -0.39 is 0 Å². The molecule has 0 bridgehead atoms. The maximum absolute atomic E-state index is 5.04. The molecule has 1 heterocycles. The van der Waals surface area contributed by atoms with Crippen molar-refractivity contribution in [2.45, 2.75) is 37.5 Å². The average molecular weight is 770 g/mol. The maximum Gasteiger partial charge on any atom is 0.164 e. The Hall–Kier alpha value is -7.23. The van der Waals surface area contributed by atoms with Gasteiger partial charge in [0, 0.05) is 22.1 Å². The van der Waals surface area contributed by atoms with E-state index in [-0.39, 0.29) is 5.41 Å². The van der Waals surface area contributed by atoms with E-state index in [4.69, 9.17) is 15.0 Å². The van der Waals surface area contributed by atoms with Crippen LogP contribution in [0.4, 0.5) is 0 Å². The quantitative estimate of drug-likeness (QED) is 0.162. The van der Waals surface area contributed by atoms with E-state index in [9.17, 15) is 0 Å². The molecule has 0 N–H and O–H groups in total. The molecule has 2 aliphatic rings. The van der Waals surface area contributed by atoms with E-state index in [2.05, 4.69) is 164 Å². The zero-order valence-electron chi connectivity index (χ0n) is 33.4. The fourth-order valence-electron chi connectivity index (χ4n) is 9.83. The van der Waals surface area contributed by atoms with Gasteiger partial charge in [0.2, 0.25) is 0 Å². The summed E-state index contributed by atoms with van der Waals surface area (Å²) in [5.74, 6) is 1.95. The molecule has 8 aromatic carbocycles. The van der Waals surface area contributed by atoms with Crippen molar-refractivity contribution in [3.63, 3.8) is 0 Å². The van der Waals surface area contributed by atoms with Crippen LogP contribution < -0.4 is 0 Å². The molecule has 3 heteroatoms. The summed E-state index contributed by atoms with van der Waals surface area (Å²) in [6, 6.07) is 71.8. The number of hydrogen-bond donors (Lipinski definition) is 0. The smallest absolute Gasteiger partial charge is 0.164 e. The van der Waals surface area contributed by atoms with Crippen LogP contribution in [-0.4, -0.2) is 15.0 Å². The summed E-state index contributed by atoms with van der Waals surface area (Å²) in [6.07, 6.45) is 6.36. The molecule has 1 fully saturated rings. The van der Waals surface area contributed by atoms with Crippen molar-refractivity contribution < 1.29 is 0 Å². The zero-order valence-corrected chi connectivity index (χ0v) is 33.4. The van der Waals surface area contributed by atoms with Crippen LogP contribution >= 0.6 is 0 Å². The first-order chi connectivity index (χ1) is 29.7. The molecule has 11 rings (SSSR count). The van der Waals surface area contributed by atoms with Crippen LogP contribution in [0.15, 0.2) is 200 Å². The van der Waals surface area contributed by atoms with Gasteiger partial charge in [-0.15, -0.1) is 0 Å². The van der Waals surface area contributed by atoms with E-state index in [1.165, 1.54) is 76.6 Å². The van der Waals surface area contributed by atoms with E-state index >= 15 is 0 Å². The van der Waals surface area contributed by atoms with Crippen molar-refractivity contribution in [3.05, 3.63) is 211 Å². The lowest BCUT2D eigenvalue weighted by atomic mass is 9.66. The van der Waals surface area contributed by atoms with Gasteiger partial charge in [-0.25, -0.2) is 15.0 Å². The monoisotopic (exact) mass is 769 g/mol. The molecule has 0 unspecified atom stereocenters. The van der Waals surface area contributed by atoms with Crippen molar-refractivity contribution in [1.29, 1.82) is 0 Å². The maximum atomic E-state index is 5.04. The van der Waals surface area contributed by atoms with Crippen LogP contribution in [0.5, 0.6) is 0 Å². The molecule has 0 radical (unpaired) electrons. The number of aromatic nitrogens is 3. The van der Waals surface area contributed by atoms with Gasteiger partial charge in [-0.3, -0.25) is 0 Å². The molecule has 60 heavy (non-hydrogen) atoms. The summed E-state index contributed by atoms with van der Waals surface area (Å²) in [7, 11) is 0. The molecule has 1 spiro atoms. The summed E-state index contributed by atoms with van der Waals surface area (Å²) in [5, 5.41) is 0. The summed E-state index contributed by atoms with van der Waals surface area (Å²) in [6.45, 7) is 0. The normalized spacial score (nSPS) is 13.8. The first-order valence-electron chi connectivity index (χ1n) is 21.2. The molecule has 0 aliphatic heterocycles. The molecule has 0 saturated heterocycles. The Labute approximate surface area is 352 Å². The number of benzene rings is 8. The minimum Gasteiger partial charge on any atom is -0.208 e. The van der Waals surface area contributed by atoms with Crippen LogP contribution in [0.3, 0.4) is 0 Å². The topological polar surface area (TPSA) is 38.7 Å². The highest BCUT2D eigenvalue weighted by molar-refractivity contribution is 5.89. The number of hydrogen-bond acceptors (Lipinski definition) is 3. The third-order valence-corrected chi connectivity index (χ3v) is 12.7. The van der Waals surface area contributed by atoms with Crippen molar-refractivity contribution in [2.75, 3.05) is 0 Å². The van der Waals surface area contributed by atoms with Gasteiger partial charge in [0.25, 0.3) is 0 Å². The third kappa shape index (κ3) is 6.44. The number of nitrogens with zero attached hydrogens (tertiary/aromatic N) is 3. The predicted octanol–water partition coefficient (Wildman–Crippen LogP) is 14.8. The van der Waals surface area contributed by atoms with E-state index in [0.29, 0.717) is 17.5 Å². The lowest BCUT2D eigenvalue weighted by Gasteiger charge is -2.37. The zero-order chi connectivity index (χ0) is 39.9. The number of rotatable bonds is 7. The second kappa shape index (κ2) is 15.2. The molecule has 3 nitrogen and oxygen atoms in total. The molecule has 2 aliphatic carbocycles. The average Bonchev–Trinajstić information content (AvgIpc) is 3.60. The minimum absolute atomic E-state index is 0.110. The van der Waals surface area contributed by atoms with Crippen molar-refractivity contribution in [2.24, 2.45) is 0 Å². The van der Waals surface area contributed by atoms with Crippen LogP contribution in [0.1, 0.15) is 43.2 Å². The van der Waals surface area contributed by atoms with Crippen LogP contribution in [0.25, 0.3) is 89.8 Å². The first-order valence-corrected chi connectivity index (χ1v) is 21.2. The van der Waals surface area contributed by atoms with Crippen LogP contribution in [-0.2, 0) is 5.41 Å². The van der Waals surface area contributed by atoms with Gasteiger partial charge in [-0.2, -0.15) is 0 Å². The van der Waals surface area contributed by atoms with Gasteiger partial charge in [0.05, 0.1) is 0 Å². The van der Waals surface area contributed by atoms with Crippen LogP contribution in [0.2, 0.25) is 0 Å². The van der Waals surface area contributed by atoms with E-state index in [1.54, 1.807) is 5.56 Å². The molecule has 1 saturated carbocycles. The second-order valence-electron chi connectivity index (χ2n) is 16.3. The molecule has 9 aromatic rings. The summed E-state index contributed by atoms with van der Waals surface area (Å²) in [4.78, 5) is 15.0. The van der Waals surface area contributed by atoms with Crippen molar-refractivity contribution >= 4 is 0 Å². The third-order valence-electron chi connectivity index (χ3n) is 12.7. The highest BCUT2D eigenvalue weighted by Gasteiger charge is 2.45. The Bertz CT molecular complexity index is 2980. The standard InChI is InChI=1S/C57H43N3/c1-4-15-39(16-5-1)46-20-13-22-48(38-46)56-59-54(43-17-6-2-7-18-43)58-55(60-56)44-33-31-41(32-34-44)40-27-29-42(30-28-40)45-19-12-21-47(37-45)49-24-14-25-51-50-23-8-9-26-52(50)57(53(49)51)35-10-3-11-36-57/h1-2,4-9,12-34,37-38H,3,10-11,35-36H2. The van der Waals surface area contributed by atoms with Gasteiger partial charge < -0.3 is 0 Å². The Kier molecular flexibility index (Phi) is 9.08. The molecular weight excluding hydrogens is 727 g/mol. The summed E-state index contributed by atoms with van der Waals surface area (Å²) < 4.78 is 0. The van der Waals surface area contributed by atoms with Crippen molar-refractivity contribution in [3.8, 4) is 89.8 Å². The van der Waals surface area contributed by atoms with Crippen LogP contribution in [0, 0.1) is 0 Å². The van der Waals surface area contributed by atoms with E-state index in [0.717, 1.165) is 33.4 Å².